The van der Waals surface area contributed by atoms with Crippen LogP contribution in [-0.4, -0.2) is 31.0 Å². The van der Waals surface area contributed by atoms with Crippen LogP contribution in [0, 0.1) is 0 Å². The average molecular weight is 255 g/mol. The van der Waals surface area contributed by atoms with E-state index >= 15 is 0 Å². The summed E-state index contributed by atoms with van der Waals surface area (Å²) in [6, 6.07) is 11.8. The second-order valence-corrected chi connectivity index (χ2v) is 4.86. The van der Waals surface area contributed by atoms with Crippen molar-refractivity contribution in [2.75, 3.05) is 20.2 Å². The summed E-state index contributed by atoms with van der Waals surface area (Å²) in [7, 11) is 1.62. The van der Waals surface area contributed by atoms with Crippen LogP contribution in [0.1, 0.15) is 23.2 Å². The van der Waals surface area contributed by atoms with Gasteiger partial charge in [0.1, 0.15) is 5.75 Å². The fourth-order valence-corrected chi connectivity index (χ4v) is 2.72. The standard InChI is InChI=1S/C16H17NO2/c1-19-14-9-8-12-6-2-3-7-13(12)15(14)16(18)17-10-4-5-11-17/h2-3,6-9H,4-5,10-11H2,1H3. The number of carbonyl (C=O) groups is 1. The molecule has 0 unspecified atom stereocenters. The summed E-state index contributed by atoms with van der Waals surface area (Å²) >= 11 is 0. The summed E-state index contributed by atoms with van der Waals surface area (Å²) in [4.78, 5) is 14.6. The zero-order valence-electron chi connectivity index (χ0n) is 11.1. The number of fused-ring (bicyclic) bond motifs is 1. The Morgan fingerprint density at radius 1 is 1.11 bits per heavy atom. The van der Waals surface area contributed by atoms with Crippen molar-refractivity contribution in [1.29, 1.82) is 0 Å². The first-order chi connectivity index (χ1) is 9.31. The summed E-state index contributed by atoms with van der Waals surface area (Å²) in [6.07, 6.45) is 2.19. The second-order valence-electron chi connectivity index (χ2n) is 4.86. The van der Waals surface area contributed by atoms with Crippen LogP contribution in [0.4, 0.5) is 0 Å². The Hall–Kier alpha value is -2.03. The Kier molecular flexibility index (Phi) is 3.11. The maximum atomic E-state index is 12.7. The van der Waals surface area contributed by atoms with E-state index in [-0.39, 0.29) is 5.91 Å². The van der Waals surface area contributed by atoms with Gasteiger partial charge in [0.2, 0.25) is 0 Å². The van der Waals surface area contributed by atoms with E-state index in [2.05, 4.69) is 0 Å². The van der Waals surface area contributed by atoms with E-state index in [4.69, 9.17) is 4.74 Å². The molecular formula is C16H17NO2. The molecule has 2 aromatic carbocycles. The summed E-state index contributed by atoms with van der Waals surface area (Å²) in [5.41, 5.74) is 0.697. The molecule has 3 heteroatoms. The molecule has 1 fully saturated rings. The monoisotopic (exact) mass is 255 g/mol. The molecule has 1 saturated heterocycles. The second kappa shape index (κ2) is 4.92. The van der Waals surface area contributed by atoms with E-state index in [1.807, 2.05) is 41.3 Å². The molecule has 2 aromatic rings. The molecule has 0 radical (unpaired) electrons. The minimum atomic E-state index is 0.0890. The minimum absolute atomic E-state index is 0.0890. The van der Waals surface area contributed by atoms with Crippen molar-refractivity contribution in [3.63, 3.8) is 0 Å². The number of ether oxygens (including phenoxy) is 1. The first-order valence-electron chi connectivity index (χ1n) is 6.66. The Morgan fingerprint density at radius 3 is 2.58 bits per heavy atom. The number of hydrogen-bond acceptors (Lipinski definition) is 2. The normalized spacial score (nSPS) is 14.9. The van der Waals surface area contributed by atoms with E-state index in [0.29, 0.717) is 11.3 Å². The number of hydrogen-bond donors (Lipinski definition) is 0. The minimum Gasteiger partial charge on any atom is -0.496 e. The van der Waals surface area contributed by atoms with Gasteiger partial charge < -0.3 is 9.64 Å². The molecule has 0 saturated carbocycles. The fraction of sp³-hybridized carbons (Fsp3) is 0.312. The third kappa shape index (κ3) is 2.05. The van der Waals surface area contributed by atoms with E-state index in [0.717, 1.165) is 36.7 Å². The van der Waals surface area contributed by atoms with Gasteiger partial charge in [-0.1, -0.05) is 30.3 Å². The Labute approximate surface area is 112 Å². The van der Waals surface area contributed by atoms with Gasteiger partial charge in [0.05, 0.1) is 12.7 Å². The van der Waals surface area contributed by atoms with Gasteiger partial charge in [-0.2, -0.15) is 0 Å². The lowest BCUT2D eigenvalue weighted by atomic mass is 10.0. The van der Waals surface area contributed by atoms with Crippen molar-refractivity contribution in [2.24, 2.45) is 0 Å². The number of benzene rings is 2. The molecule has 1 aliphatic heterocycles. The van der Waals surface area contributed by atoms with Crippen molar-refractivity contribution in [2.45, 2.75) is 12.8 Å². The molecule has 0 N–H and O–H groups in total. The number of nitrogens with zero attached hydrogens (tertiary/aromatic N) is 1. The van der Waals surface area contributed by atoms with E-state index in [1.165, 1.54) is 0 Å². The molecule has 1 heterocycles. The Balaban J connectivity index is 2.16. The molecule has 1 aliphatic rings. The maximum absolute atomic E-state index is 12.7. The SMILES string of the molecule is COc1ccc2ccccc2c1C(=O)N1CCCC1. The number of likely N-dealkylation sites (tertiary alicyclic amines) is 1. The first-order valence-corrected chi connectivity index (χ1v) is 6.66. The van der Waals surface area contributed by atoms with Crippen LogP contribution >= 0.6 is 0 Å². The number of carbonyl (C=O) groups excluding carboxylic acids is 1. The third-order valence-electron chi connectivity index (χ3n) is 3.72. The average Bonchev–Trinajstić information content (AvgIpc) is 2.99. The maximum Gasteiger partial charge on any atom is 0.258 e. The van der Waals surface area contributed by atoms with Gasteiger partial charge in [-0.15, -0.1) is 0 Å². The van der Waals surface area contributed by atoms with E-state index < -0.39 is 0 Å². The Bertz CT molecular complexity index is 615. The molecule has 98 valence electrons. The zero-order valence-corrected chi connectivity index (χ0v) is 11.1. The molecular weight excluding hydrogens is 238 g/mol. The smallest absolute Gasteiger partial charge is 0.258 e. The highest BCUT2D eigenvalue weighted by Gasteiger charge is 2.24. The Morgan fingerprint density at radius 2 is 1.84 bits per heavy atom. The molecule has 19 heavy (non-hydrogen) atoms. The molecule has 0 spiro atoms. The lowest BCUT2D eigenvalue weighted by Gasteiger charge is -2.18. The highest BCUT2D eigenvalue weighted by Crippen LogP contribution is 2.30. The van der Waals surface area contributed by atoms with Gasteiger partial charge in [0.25, 0.3) is 5.91 Å². The van der Waals surface area contributed by atoms with Crippen molar-refractivity contribution in [3.8, 4) is 5.75 Å². The summed E-state index contributed by atoms with van der Waals surface area (Å²) in [6.45, 7) is 1.70. The topological polar surface area (TPSA) is 29.5 Å². The van der Waals surface area contributed by atoms with Crippen molar-refractivity contribution >= 4 is 16.7 Å². The predicted octanol–water partition coefficient (Wildman–Crippen LogP) is 3.08. The number of methoxy groups -OCH3 is 1. The lowest BCUT2D eigenvalue weighted by molar-refractivity contribution is 0.0791. The van der Waals surface area contributed by atoms with Gasteiger partial charge in [0, 0.05) is 13.1 Å². The van der Waals surface area contributed by atoms with Crippen LogP contribution in [0.15, 0.2) is 36.4 Å². The third-order valence-corrected chi connectivity index (χ3v) is 3.72. The van der Waals surface area contributed by atoms with Crippen molar-refractivity contribution in [3.05, 3.63) is 42.0 Å². The van der Waals surface area contributed by atoms with Gasteiger partial charge in [-0.3, -0.25) is 4.79 Å². The number of rotatable bonds is 2. The first kappa shape index (κ1) is 12.0. The van der Waals surface area contributed by atoms with Gasteiger partial charge >= 0.3 is 0 Å². The lowest BCUT2D eigenvalue weighted by Crippen LogP contribution is -2.28. The molecule has 3 nitrogen and oxygen atoms in total. The van der Waals surface area contributed by atoms with Gasteiger partial charge in [-0.25, -0.2) is 0 Å². The predicted molar refractivity (Wildman–Crippen MR) is 75.6 cm³/mol. The van der Waals surface area contributed by atoms with Gasteiger partial charge in [0.15, 0.2) is 0 Å². The van der Waals surface area contributed by atoms with Crippen LogP contribution in [0.5, 0.6) is 5.75 Å². The molecule has 0 aliphatic carbocycles. The van der Waals surface area contributed by atoms with Crippen molar-refractivity contribution in [1.82, 2.24) is 4.90 Å². The molecule has 1 amide bonds. The van der Waals surface area contributed by atoms with Crippen molar-refractivity contribution < 1.29 is 9.53 Å². The highest BCUT2D eigenvalue weighted by atomic mass is 16.5. The van der Waals surface area contributed by atoms with E-state index in [9.17, 15) is 4.79 Å². The highest BCUT2D eigenvalue weighted by molar-refractivity contribution is 6.09. The number of amides is 1. The van der Waals surface area contributed by atoms with Crippen LogP contribution in [-0.2, 0) is 0 Å². The molecule has 0 bridgehead atoms. The van der Waals surface area contributed by atoms with Crippen LogP contribution < -0.4 is 4.74 Å². The largest absolute Gasteiger partial charge is 0.496 e. The zero-order chi connectivity index (χ0) is 13.2. The molecule has 3 rings (SSSR count). The van der Waals surface area contributed by atoms with E-state index in [1.54, 1.807) is 7.11 Å². The fourth-order valence-electron chi connectivity index (χ4n) is 2.72. The molecule has 0 atom stereocenters. The quantitative estimate of drug-likeness (QED) is 0.825. The summed E-state index contributed by atoms with van der Waals surface area (Å²) in [5, 5.41) is 2.05. The summed E-state index contributed by atoms with van der Waals surface area (Å²) in [5.74, 6) is 0.752. The summed E-state index contributed by atoms with van der Waals surface area (Å²) < 4.78 is 5.39. The molecule has 0 aromatic heterocycles. The van der Waals surface area contributed by atoms with Crippen LogP contribution in [0.3, 0.4) is 0 Å². The van der Waals surface area contributed by atoms with Gasteiger partial charge in [-0.05, 0) is 29.7 Å². The van der Waals surface area contributed by atoms with Crippen LogP contribution in [0.25, 0.3) is 10.8 Å². The van der Waals surface area contributed by atoms with Crippen LogP contribution in [0.2, 0.25) is 0 Å².